The fraction of sp³-hybridized carbons (Fsp3) is 0.562. The maximum absolute atomic E-state index is 12.2. The van der Waals surface area contributed by atoms with Crippen LogP contribution in [0.2, 0.25) is 5.02 Å². The summed E-state index contributed by atoms with van der Waals surface area (Å²) < 4.78 is 5.03. The van der Waals surface area contributed by atoms with Crippen LogP contribution in [0.4, 0.5) is 0 Å². The lowest BCUT2D eigenvalue weighted by atomic mass is 9.81. The number of esters is 1. The van der Waals surface area contributed by atoms with E-state index in [-0.39, 0.29) is 5.97 Å². The van der Waals surface area contributed by atoms with Crippen LogP contribution in [0.5, 0.6) is 0 Å². The van der Waals surface area contributed by atoms with Crippen molar-refractivity contribution < 1.29 is 9.53 Å². The Labute approximate surface area is 135 Å². The average molecular weight is 328 g/mol. The van der Waals surface area contributed by atoms with E-state index in [1.54, 1.807) is 11.8 Å². The Morgan fingerprint density at radius 3 is 3.05 bits per heavy atom. The summed E-state index contributed by atoms with van der Waals surface area (Å²) in [6.07, 6.45) is 3.78. The molecule has 1 N–H and O–H groups in total. The topological polar surface area (TPSA) is 38.3 Å². The van der Waals surface area contributed by atoms with E-state index < -0.39 is 5.54 Å². The first kappa shape index (κ1) is 16.7. The Morgan fingerprint density at radius 2 is 2.38 bits per heavy atom. The maximum Gasteiger partial charge on any atom is 0.326 e. The van der Waals surface area contributed by atoms with E-state index in [4.69, 9.17) is 16.3 Å². The summed E-state index contributed by atoms with van der Waals surface area (Å²) in [4.78, 5) is 13.4. The van der Waals surface area contributed by atoms with Gasteiger partial charge in [-0.25, -0.2) is 0 Å². The van der Waals surface area contributed by atoms with E-state index in [2.05, 4.69) is 11.4 Å². The number of carbonyl (C=O) groups excluding carboxylic acids is 1. The number of hydrogen-bond acceptors (Lipinski definition) is 4. The van der Waals surface area contributed by atoms with Gasteiger partial charge in [0.15, 0.2) is 0 Å². The zero-order chi connectivity index (χ0) is 15.3. The highest BCUT2D eigenvalue weighted by Gasteiger charge is 2.43. The molecule has 1 aromatic rings. The molecule has 0 heterocycles. The van der Waals surface area contributed by atoms with Gasteiger partial charge in [0.05, 0.1) is 7.11 Å². The van der Waals surface area contributed by atoms with Crippen molar-refractivity contribution in [3.8, 4) is 0 Å². The van der Waals surface area contributed by atoms with Crippen molar-refractivity contribution in [3.63, 3.8) is 0 Å². The maximum atomic E-state index is 12.2. The van der Waals surface area contributed by atoms with E-state index in [0.29, 0.717) is 5.25 Å². The van der Waals surface area contributed by atoms with Gasteiger partial charge in [0.2, 0.25) is 0 Å². The third-order valence-electron chi connectivity index (χ3n) is 3.90. The minimum absolute atomic E-state index is 0.138. The number of likely N-dealkylation sites (N-methyl/N-ethyl adjacent to an activating group) is 1. The molecule has 21 heavy (non-hydrogen) atoms. The second kappa shape index (κ2) is 7.52. The highest BCUT2D eigenvalue weighted by Crippen LogP contribution is 2.39. The SMILES string of the molecule is CCNC1(C(=O)OC)CCCC(Sc2cccc(Cl)c2)C1. The van der Waals surface area contributed by atoms with Crippen molar-refractivity contribution in [3.05, 3.63) is 29.3 Å². The fourth-order valence-electron chi connectivity index (χ4n) is 3.01. The smallest absolute Gasteiger partial charge is 0.326 e. The van der Waals surface area contributed by atoms with Crippen molar-refractivity contribution in [1.82, 2.24) is 5.32 Å². The number of rotatable bonds is 5. The highest BCUT2D eigenvalue weighted by atomic mass is 35.5. The minimum Gasteiger partial charge on any atom is -0.468 e. The second-order valence-electron chi connectivity index (χ2n) is 5.40. The fourth-order valence-corrected chi connectivity index (χ4v) is 4.65. The third-order valence-corrected chi connectivity index (χ3v) is 5.39. The first-order chi connectivity index (χ1) is 10.1. The van der Waals surface area contributed by atoms with Gasteiger partial charge in [-0.3, -0.25) is 4.79 Å². The summed E-state index contributed by atoms with van der Waals surface area (Å²) in [7, 11) is 1.47. The lowest BCUT2D eigenvalue weighted by molar-refractivity contribution is -0.150. The molecule has 1 fully saturated rings. The molecular formula is C16H22ClNO2S. The summed E-state index contributed by atoms with van der Waals surface area (Å²) in [5, 5.41) is 4.51. The van der Waals surface area contributed by atoms with Crippen LogP contribution in [0.3, 0.4) is 0 Å². The average Bonchev–Trinajstić information content (AvgIpc) is 2.47. The number of ether oxygens (including phenoxy) is 1. The van der Waals surface area contributed by atoms with Gasteiger partial charge in [-0.15, -0.1) is 11.8 Å². The molecule has 0 aromatic heterocycles. The number of thioether (sulfide) groups is 1. The number of nitrogens with one attached hydrogen (secondary N) is 1. The first-order valence-electron chi connectivity index (χ1n) is 7.35. The van der Waals surface area contributed by atoms with Crippen LogP contribution < -0.4 is 5.32 Å². The van der Waals surface area contributed by atoms with Crippen LogP contribution in [-0.4, -0.2) is 30.4 Å². The second-order valence-corrected chi connectivity index (χ2v) is 7.21. The molecule has 0 spiro atoms. The molecule has 1 aliphatic carbocycles. The minimum atomic E-state index is -0.530. The summed E-state index contributed by atoms with van der Waals surface area (Å²) >= 11 is 7.84. The number of hydrogen-bond donors (Lipinski definition) is 1. The molecule has 0 radical (unpaired) electrons. The lowest BCUT2D eigenvalue weighted by Gasteiger charge is -2.39. The largest absolute Gasteiger partial charge is 0.468 e. The Morgan fingerprint density at radius 1 is 1.57 bits per heavy atom. The van der Waals surface area contributed by atoms with Crippen LogP contribution >= 0.6 is 23.4 Å². The van der Waals surface area contributed by atoms with Gasteiger partial charge in [0.1, 0.15) is 5.54 Å². The Kier molecular flexibility index (Phi) is 5.97. The summed E-state index contributed by atoms with van der Waals surface area (Å²) in [6.45, 7) is 2.79. The normalized spacial score (nSPS) is 25.6. The molecule has 3 nitrogen and oxygen atoms in total. The van der Waals surface area contributed by atoms with Gasteiger partial charge in [-0.1, -0.05) is 24.6 Å². The van der Waals surface area contributed by atoms with Crippen molar-refractivity contribution >= 4 is 29.3 Å². The Bertz CT molecular complexity index is 493. The molecule has 2 atom stereocenters. The highest BCUT2D eigenvalue weighted by molar-refractivity contribution is 8.00. The quantitative estimate of drug-likeness (QED) is 0.832. The Hall–Kier alpha value is -0.710. The zero-order valence-electron chi connectivity index (χ0n) is 12.5. The lowest BCUT2D eigenvalue weighted by Crippen LogP contribution is -2.55. The predicted octanol–water partition coefficient (Wildman–Crippen LogP) is 3.90. The number of benzene rings is 1. The van der Waals surface area contributed by atoms with Crippen LogP contribution in [0, 0.1) is 0 Å². The number of carbonyl (C=O) groups is 1. The van der Waals surface area contributed by atoms with Crippen molar-refractivity contribution in [1.29, 1.82) is 0 Å². The molecule has 0 saturated heterocycles. The van der Waals surface area contributed by atoms with E-state index >= 15 is 0 Å². The summed E-state index contributed by atoms with van der Waals surface area (Å²) in [5.41, 5.74) is -0.530. The molecule has 0 bridgehead atoms. The van der Waals surface area contributed by atoms with Crippen LogP contribution in [-0.2, 0) is 9.53 Å². The molecule has 1 aliphatic rings. The molecule has 2 unspecified atom stereocenters. The van der Waals surface area contributed by atoms with Gasteiger partial charge in [-0.05, 0) is 50.4 Å². The standard InChI is InChI=1S/C16H22ClNO2S/c1-3-18-16(15(19)20-2)9-5-8-14(11-16)21-13-7-4-6-12(17)10-13/h4,6-7,10,14,18H,3,5,8-9,11H2,1-2H3. The van der Waals surface area contributed by atoms with Crippen LogP contribution in [0.25, 0.3) is 0 Å². The molecule has 116 valence electrons. The molecule has 0 aliphatic heterocycles. The molecule has 5 heteroatoms. The molecule has 0 amide bonds. The van der Waals surface area contributed by atoms with Crippen molar-refractivity contribution in [2.45, 2.75) is 48.3 Å². The van der Waals surface area contributed by atoms with Gasteiger partial charge in [0.25, 0.3) is 0 Å². The monoisotopic (exact) mass is 327 g/mol. The van der Waals surface area contributed by atoms with Crippen LogP contribution in [0.1, 0.15) is 32.6 Å². The molecule has 1 saturated carbocycles. The van der Waals surface area contributed by atoms with Gasteiger partial charge >= 0.3 is 5.97 Å². The third kappa shape index (κ3) is 4.15. The van der Waals surface area contributed by atoms with E-state index in [1.807, 2.05) is 25.1 Å². The van der Waals surface area contributed by atoms with Gasteiger partial charge in [0, 0.05) is 15.2 Å². The summed E-state index contributed by atoms with van der Waals surface area (Å²) in [6, 6.07) is 7.89. The summed E-state index contributed by atoms with van der Waals surface area (Å²) in [5.74, 6) is -0.138. The van der Waals surface area contributed by atoms with Gasteiger partial charge in [-0.2, -0.15) is 0 Å². The van der Waals surface area contributed by atoms with E-state index in [9.17, 15) is 4.79 Å². The van der Waals surface area contributed by atoms with Crippen molar-refractivity contribution in [2.24, 2.45) is 0 Å². The molecule has 2 rings (SSSR count). The van der Waals surface area contributed by atoms with E-state index in [1.165, 1.54) is 7.11 Å². The molecular weight excluding hydrogens is 306 g/mol. The molecule has 1 aromatic carbocycles. The number of methoxy groups -OCH3 is 1. The van der Waals surface area contributed by atoms with Gasteiger partial charge < -0.3 is 10.1 Å². The van der Waals surface area contributed by atoms with E-state index in [0.717, 1.165) is 42.1 Å². The zero-order valence-corrected chi connectivity index (χ0v) is 14.1. The number of halogens is 1. The predicted molar refractivity (Wildman–Crippen MR) is 88.0 cm³/mol. The Balaban J connectivity index is 2.09. The first-order valence-corrected chi connectivity index (χ1v) is 8.61. The van der Waals surface area contributed by atoms with Crippen molar-refractivity contribution in [2.75, 3.05) is 13.7 Å². The van der Waals surface area contributed by atoms with Crippen LogP contribution in [0.15, 0.2) is 29.2 Å².